The highest BCUT2D eigenvalue weighted by atomic mass is 79.9. The van der Waals surface area contributed by atoms with Crippen molar-refractivity contribution in [3.05, 3.63) is 27.7 Å². The maximum Gasteiger partial charge on any atom is 0.240 e. The monoisotopic (exact) mass is 367 g/mol. The number of sulfonamides is 1. The Morgan fingerprint density at radius 1 is 1.47 bits per heavy atom. The molecular weight excluding hydrogens is 354 g/mol. The van der Waals surface area contributed by atoms with Gasteiger partial charge in [-0.15, -0.1) is 0 Å². The van der Waals surface area contributed by atoms with Gasteiger partial charge in [-0.25, -0.2) is 13.1 Å². The van der Waals surface area contributed by atoms with Crippen LogP contribution < -0.4 is 4.72 Å². The maximum absolute atomic E-state index is 12.2. The number of halogens is 2. The van der Waals surface area contributed by atoms with Crippen molar-refractivity contribution in [3.63, 3.8) is 0 Å². The zero-order chi connectivity index (χ0) is 14.4. The molecule has 1 aromatic rings. The van der Waals surface area contributed by atoms with Crippen LogP contribution in [0.5, 0.6) is 0 Å². The summed E-state index contributed by atoms with van der Waals surface area (Å²) in [5, 5.41) is 10.1. The molecule has 2 rings (SSSR count). The van der Waals surface area contributed by atoms with Crippen molar-refractivity contribution < 1.29 is 13.5 Å². The van der Waals surface area contributed by atoms with Gasteiger partial charge in [-0.3, -0.25) is 0 Å². The fourth-order valence-corrected chi connectivity index (χ4v) is 4.08. The van der Waals surface area contributed by atoms with Gasteiger partial charge in [0.15, 0.2) is 0 Å². The molecule has 0 bridgehead atoms. The summed E-state index contributed by atoms with van der Waals surface area (Å²) in [5.41, 5.74) is -0.448. The number of rotatable bonds is 3. The molecule has 19 heavy (non-hydrogen) atoms. The molecule has 2 N–H and O–H groups in total. The van der Waals surface area contributed by atoms with Crippen molar-refractivity contribution in [1.29, 1.82) is 0 Å². The maximum atomic E-state index is 12.2. The van der Waals surface area contributed by atoms with E-state index in [-0.39, 0.29) is 10.9 Å². The summed E-state index contributed by atoms with van der Waals surface area (Å²) in [4.78, 5) is 0.154. The second kappa shape index (κ2) is 5.00. The van der Waals surface area contributed by atoms with Crippen LogP contribution in [0.1, 0.15) is 20.3 Å². The molecule has 2 unspecified atom stereocenters. The van der Waals surface area contributed by atoms with Gasteiger partial charge >= 0.3 is 0 Å². The summed E-state index contributed by atoms with van der Waals surface area (Å²) in [6.07, 6.45) is -0.0433. The first-order valence-corrected chi connectivity index (χ1v) is 8.45. The molecule has 1 saturated carbocycles. The second-order valence-corrected chi connectivity index (χ2v) is 8.30. The molecule has 7 heteroatoms. The summed E-state index contributed by atoms with van der Waals surface area (Å²) in [7, 11) is -3.60. The highest BCUT2D eigenvalue weighted by molar-refractivity contribution is 9.10. The number of aliphatic hydroxyl groups is 1. The Labute approximate surface area is 126 Å². The van der Waals surface area contributed by atoms with E-state index in [2.05, 4.69) is 20.7 Å². The minimum atomic E-state index is -3.60. The van der Waals surface area contributed by atoms with Crippen LogP contribution in [0.25, 0.3) is 0 Å². The molecule has 0 aliphatic heterocycles. The Morgan fingerprint density at radius 3 is 2.58 bits per heavy atom. The first-order valence-electron chi connectivity index (χ1n) is 5.80. The number of nitrogens with one attached hydrogen (secondary N) is 1. The molecule has 1 fully saturated rings. The Bertz CT molecular complexity index is 603. The van der Waals surface area contributed by atoms with Crippen LogP contribution in [-0.2, 0) is 10.0 Å². The summed E-state index contributed by atoms with van der Waals surface area (Å²) in [5.74, 6) is 0. The molecule has 2 atom stereocenters. The van der Waals surface area contributed by atoms with E-state index in [4.69, 9.17) is 11.6 Å². The predicted molar refractivity (Wildman–Crippen MR) is 77.7 cm³/mol. The summed E-state index contributed by atoms with van der Waals surface area (Å²) >= 11 is 9.05. The molecule has 0 spiro atoms. The molecule has 0 radical (unpaired) electrons. The van der Waals surface area contributed by atoms with Crippen LogP contribution in [0.3, 0.4) is 0 Å². The lowest BCUT2D eigenvalue weighted by molar-refractivity contribution is -0.0645. The Hall–Kier alpha value is -0.140. The first-order chi connectivity index (χ1) is 8.64. The van der Waals surface area contributed by atoms with E-state index in [0.29, 0.717) is 15.9 Å². The van der Waals surface area contributed by atoms with Gasteiger partial charge in [0.2, 0.25) is 10.0 Å². The average Bonchev–Trinajstić information content (AvgIpc) is 2.32. The van der Waals surface area contributed by atoms with Gasteiger partial charge in [0.1, 0.15) is 0 Å². The van der Waals surface area contributed by atoms with Crippen LogP contribution in [0.2, 0.25) is 5.02 Å². The number of hydrogen-bond acceptors (Lipinski definition) is 3. The van der Waals surface area contributed by atoms with Crippen molar-refractivity contribution >= 4 is 37.6 Å². The third-order valence-corrected chi connectivity index (χ3v) is 6.40. The minimum Gasteiger partial charge on any atom is -0.392 e. The average molecular weight is 369 g/mol. The number of benzene rings is 1. The van der Waals surface area contributed by atoms with Gasteiger partial charge < -0.3 is 5.11 Å². The lowest BCUT2D eigenvalue weighted by Crippen LogP contribution is -2.61. The minimum absolute atomic E-state index is 0.154. The molecule has 0 amide bonds. The molecule has 0 heterocycles. The summed E-state index contributed by atoms with van der Waals surface area (Å²) < 4.78 is 27.6. The molecule has 1 aromatic carbocycles. The predicted octanol–water partition coefficient (Wildman–Crippen LogP) is 2.54. The molecule has 106 valence electrons. The molecule has 4 nitrogen and oxygen atoms in total. The van der Waals surface area contributed by atoms with Crippen LogP contribution in [-0.4, -0.2) is 25.7 Å². The SMILES string of the molecule is CC1(C)C(O)CC1NS(=O)(=O)c1ccc(Cl)c(Br)c1. The largest absolute Gasteiger partial charge is 0.392 e. The smallest absolute Gasteiger partial charge is 0.240 e. The van der Waals surface area contributed by atoms with Gasteiger partial charge in [-0.1, -0.05) is 25.4 Å². The molecule has 0 saturated heterocycles. The third-order valence-electron chi connectivity index (χ3n) is 3.71. The van der Waals surface area contributed by atoms with E-state index >= 15 is 0 Å². The van der Waals surface area contributed by atoms with Gasteiger partial charge in [-0.2, -0.15) is 0 Å². The van der Waals surface area contributed by atoms with Gasteiger partial charge in [0, 0.05) is 15.9 Å². The molecular formula is C12H15BrClNO3S. The first kappa shape index (κ1) is 15.3. The van der Waals surface area contributed by atoms with Crippen molar-refractivity contribution in [2.45, 2.75) is 37.3 Å². The second-order valence-electron chi connectivity index (χ2n) is 5.32. The van der Waals surface area contributed by atoms with E-state index in [0.717, 1.165) is 0 Å². The highest BCUT2D eigenvalue weighted by Gasteiger charge is 2.48. The lowest BCUT2D eigenvalue weighted by Gasteiger charge is -2.49. The molecule has 1 aliphatic carbocycles. The zero-order valence-corrected chi connectivity index (χ0v) is 13.7. The van der Waals surface area contributed by atoms with Gasteiger partial charge in [0.25, 0.3) is 0 Å². The van der Waals surface area contributed by atoms with E-state index in [9.17, 15) is 13.5 Å². The fraction of sp³-hybridized carbons (Fsp3) is 0.500. The van der Waals surface area contributed by atoms with Gasteiger partial charge in [-0.05, 0) is 40.5 Å². The zero-order valence-electron chi connectivity index (χ0n) is 10.5. The Morgan fingerprint density at radius 2 is 2.11 bits per heavy atom. The van der Waals surface area contributed by atoms with E-state index in [1.54, 1.807) is 0 Å². The van der Waals surface area contributed by atoms with Crippen LogP contribution in [0.15, 0.2) is 27.6 Å². The third kappa shape index (κ3) is 2.83. The van der Waals surface area contributed by atoms with Crippen molar-refractivity contribution in [1.82, 2.24) is 4.72 Å². The summed E-state index contributed by atoms with van der Waals surface area (Å²) in [6.45, 7) is 3.68. The topological polar surface area (TPSA) is 66.4 Å². The van der Waals surface area contributed by atoms with Gasteiger partial charge in [0.05, 0.1) is 16.0 Å². The highest BCUT2D eigenvalue weighted by Crippen LogP contribution is 2.41. The number of hydrogen-bond donors (Lipinski definition) is 2. The standard InChI is InChI=1S/C12H15BrClNO3S/c1-12(2)10(6-11(12)16)15-19(17,18)7-3-4-9(14)8(13)5-7/h3-5,10-11,15-16H,6H2,1-2H3. The van der Waals surface area contributed by atoms with E-state index < -0.39 is 21.5 Å². The van der Waals surface area contributed by atoms with Crippen molar-refractivity contribution in [2.75, 3.05) is 0 Å². The summed E-state index contributed by atoms with van der Waals surface area (Å²) in [6, 6.07) is 4.19. The van der Waals surface area contributed by atoms with Crippen molar-refractivity contribution in [3.8, 4) is 0 Å². The lowest BCUT2D eigenvalue weighted by atomic mass is 9.65. The van der Waals surface area contributed by atoms with E-state index in [1.165, 1.54) is 18.2 Å². The van der Waals surface area contributed by atoms with Crippen LogP contribution in [0.4, 0.5) is 0 Å². The molecule has 0 aromatic heterocycles. The fourth-order valence-electron chi connectivity index (χ4n) is 2.00. The van der Waals surface area contributed by atoms with Crippen LogP contribution >= 0.6 is 27.5 Å². The Balaban J connectivity index is 2.22. The van der Waals surface area contributed by atoms with Crippen LogP contribution in [0, 0.1) is 5.41 Å². The quantitative estimate of drug-likeness (QED) is 0.861. The molecule has 1 aliphatic rings. The van der Waals surface area contributed by atoms with E-state index in [1.807, 2.05) is 13.8 Å². The Kier molecular flexibility index (Phi) is 4.02. The van der Waals surface area contributed by atoms with Crippen molar-refractivity contribution in [2.24, 2.45) is 5.41 Å². The normalized spacial score (nSPS) is 25.9. The number of aliphatic hydroxyl groups excluding tert-OH is 1.